The molecule has 0 unspecified atom stereocenters. The highest BCUT2D eigenvalue weighted by molar-refractivity contribution is 4.73. The number of nitrogens with zero attached hydrogens (tertiary/aromatic N) is 1. The van der Waals surface area contributed by atoms with E-state index in [1.807, 2.05) is 0 Å². The number of hydrogen-bond donors (Lipinski definition) is 1. The Hall–Kier alpha value is -0.0800. The minimum atomic E-state index is 0.355. The third kappa shape index (κ3) is 2.76. The fourth-order valence-corrected chi connectivity index (χ4v) is 2.04. The molecule has 0 radical (unpaired) electrons. The van der Waals surface area contributed by atoms with Crippen molar-refractivity contribution in [2.24, 2.45) is 11.8 Å². The van der Waals surface area contributed by atoms with Gasteiger partial charge < -0.3 is 10.0 Å². The Balaban J connectivity index is 2.24. The molecule has 1 aliphatic rings. The van der Waals surface area contributed by atoms with Crippen LogP contribution in [0.1, 0.15) is 26.2 Å². The van der Waals surface area contributed by atoms with E-state index in [4.69, 9.17) is 5.11 Å². The van der Waals surface area contributed by atoms with Crippen molar-refractivity contribution in [3.8, 4) is 0 Å². The van der Waals surface area contributed by atoms with Crippen LogP contribution in [0.25, 0.3) is 0 Å². The second-order valence-electron chi connectivity index (χ2n) is 4.13. The largest absolute Gasteiger partial charge is 0.396 e. The third-order valence-corrected chi connectivity index (χ3v) is 3.15. The lowest BCUT2D eigenvalue weighted by Gasteiger charge is -2.32. The lowest BCUT2D eigenvalue weighted by molar-refractivity contribution is 0.154. The number of likely N-dealkylation sites (tertiary alicyclic amines) is 1. The van der Waals surface area contributed by atoms with Gasteiger partial charge in [0.2, 0.25) is 0 Å². The highest BCUT2D eigenvalue weighted by Crippen LogP contribution is 2.25. The molecule has 1 N–H and O–H groups in total. The summed E-state index contributed by atoms with van der Waals surface area (Å²) in [6.07, 6.45) is 3.61. The summed E-state index contributed by atoms with van der Waals surface area (Å²) in [5, 5.41) is 8.81. The first-order chi connectivity index (χ1) is 5.74. The van der Waals surface area contributed by atoms with Gasteiger partial charge in [-0.2, -0.15) is 0 Å². The summed E-state index contributed by atoms with van der Waals surface area (Å²) in [6.45, 7) is 5.10. The van der Waals surface area contributed by atoms with Crippen LogP contribution < -0.4 is 0 Å². The smallest absolute Gasteiger partial charge is 0.0433 e. The Morgan fingerprint density at radius 2 is 2.00 bits per heavy atom. The van der Waals surface area contributed by atoms with Crippen molar-refractivity contribution in [2.75, 3.05) is 26.7 Å². The quantitative estimate of drug-likeness (QED) is 0.693. The lowest BCUT2D eigenvalue weighted by Crippen LogP contribution is -2.32. The highest BCUT2D eigenvalue weighted by atomic mass is 16.3. The summed E-state index contributed by atoms with van der Waals surface area (Å²) in [5.74, 6) is 1.57. The fraction of sp³-hybridized carbons (Fsp3) is 1.00. The van der Waals surface area contributed by atoms with Gasteiger partial charge in [-0.25, -0.2) is 0 Å². The van der Waals surface area contributed by atoms with Crippen LogP contribution in [0, 0.1) is 11.8 Å². The maximum atomic E-state index is 8.81. The van der Waals surface area contributed by atoms with Gasteiger partial charge in [0.15, 0.2) is 0 Å². The van der Waals surface area contributed by atoms with E-state index in [9.17, 15) is 0 Å². The second kappa shape index (κ2) is 4.83. The maximum Gasteiger partial charge on any atom is 0.0433 e. The normalized spacial score (nSPS) is 24.2. The molecule has 1 rings (SSSR count). The minimum absolute atomic E-state index is 0.355. The average molecular weight is 171 g/mol. The summed E-state index contributed by atoms with van der Waals surface area (Å²) in [7, 11) is 2.19. The van der Waals surface area contributed by atoms with E-state index in [-0.39, 0.29) is 0 Å². The molecule has 1 saturated heterocycles. The Kier molecular flexibility index (Phi) is 4.02. The molecule has 0 bridgehead atoms. The van der Waals surface area contributed by atoms with Crippen molar-refractivity contribution in [1.29, 1.82) is 0 Å². The minimum Gasteiger partial charge on any atom is -0.396 e. The molecule has 1 aliphatic heterocycles. The number of rotatable bonds is 3. The molecule has 0 aromatic heterocycles. The molecular formula is C10H21NO. The van der Waals surface area contributed by atoms with Gasteiger partial charge in [-0.3, -0.25) is 0 Å². The molecule has 1 fully saturated rings. The van der Waals surface area contributed by atoms with Crippen LogP contribution in [0.2, 0.25) is 0 Å². The molecule has 12 heavy (non-hydrogen) atoms. The van der Waals surface area contributed by atoms with E-state index in [1.54, 1.807) is 0 Å². The third-order valence-electron chi connectivity index (χ3n) is 3.15. The van der Waals surface area contributed by atoms with Crippen LogP contribution in [0.3, 0.4) is 0 Å². The van der Waals surface area contributed by atoms with Crippen molar-refractivity contribution < 1.29 is 5.11 Å². The van der Waals surface area contributed by atoms with Crippen molar-refractivity contribution in [3.63, 3.8) is 0 Å². The SMILES string of the molecule is C[C@H](CCO)C1CCN(C)CC1. The predicted octanol–water partition coefficient (Wildman–Crippen LogP) is 1.35. The molecule has 0 aromatic rings. The average Bonchev–Trinajstić information content (AvgIpc) is 2.06. The number of hydrogen-bond acceptors (Lipinski definition) is 2. The second-order valence-corrected chi connectivity index (χ2v) is 4.13. The van der Waals surface area contributed by atoms with Crippen LogP contribution in [0.5, 0.6) is 0 Å². The maximum absolute atomic E-state index is 8.81. The molecule has 1 atom stereocenters. The molecule has 0 saturated carbocycles. The van der Waals surface area contributed by atoms with E-state index < -0.39 is 0 Å². The van der Waals surface area contributed by atoms with Crippen LogP contribution in [0.15, 0.2) is 0 Å². The zero-order valence-electron chi connectivity index (χ0n) is 8.29. The molecule has 72 valence electrons. The molecule has 0 aliphatic carbocycles. The van der Waals surface area contributed by atoms with Crippen LogP contribution in [-0.2, 0) is 0 Å². The zero-order chi connectivity index (χ0) is 8.97. The standard InChI is InChI=1S/C10H21NO/c1-9(5-8-12)10-3-6-11(2)7-4-10/h9-10,12H,3-8H2,1-2H3/t9-/m1/s1. The Morgan fingerprint density at radius 3 is 2.50 bits per heavy atom. The Bertz CT molecular complexity index is 119. The van der Waals surface area contributed by atoms with E-state index in [2.05, 4.69) is 18.9 Å². The molecule has 2 nitrogen and oxygen atoms in total. The first kappa shape index (κ1) is 10.0. The molecule has 0 aromatic carbocycles. The van der Waals surface area contributed by atoms with Gasteiger partial charge >= 0.3 is 0 Å². The van der Waals surface area contributed by atoms with E-state index >= 15 is 0 Å². The summed E-state index contributed by atoms with van der Waals surface area (Å²) in [6, 6.07) is 0. The fourth-order valence-electron chi connectivity index (χ4n) is 2.04. The summed E-state index contributed by atoms with van der Waals surface area (Å²) >= 11 is 0. The topological polar surface area (TPSA) is 23.5 Å². The summed E-state index contributed by atoms with van der Waals surface area (Å²) in [5.41, 5.74) is 0. The van der Waals surface area contributed by atoms with Gasteiger partial charge in [0.05, 0.1) is 0 Å². The van der Waals surface area contributed by atoms with Crippen LogP contribution in [0.4, 0.5) is 0 Å². The molecule has 0 spiro atoms. The van der Waals surface area contributed by atoms with Crippen molar-refractivity contribution in [3.05, 3.63) is 0 Å². The number of aliphatic hydroxyl groups is 1. The summed E-state index contributed by atoms with van der Waals surface area (Å²) < 4.78 is 0. The van der Waals surface area contributed by atoms with Crippen molar-refractivity contribution >= 4 is 0 Å². The van der Waals surface area contributed by atoms with Gasteiger partial charge in [-0.1, -0.05) is 6.92 Å². The number of piperidine rings is 1. The zero-order valence-corrected chi connectivity index (χ0v) is 8.29. The lowest BCUT2D eigenvalue weighted by atomic mass is 9.84. The van der Waals surface area contributed by atoms with Crippen molar-refractivity contribution in [2.45, 2.75) is 26.2 Å². The first-order valence-corrected chi connectivity index (χ1v) is 5.03. The highest BCUT2D eigenvalue weighted by Gasteiger charge is 2.21. The van der Waals surface area contributed by atoms with E-state index in [0.29, 0.717) is 12.5 Å². The van der Waals surface area contributed by atoms with Gasteiger partial charge in [0.1, 0.15) is 0 Å². The van der Waals surface area contributed by atoms with E-state index in [1.165, 1.54) is 25.9 Å². The molecule has 1 heterocycles. The Labute approximate surface area is 75.6 Å². The first-order valence-electron chi connectivity index (χ1n) is 5.03. The van der Waals surface area contributed by atoms with Gasteiger partial charge in [-0.05, 0) is 51.2 Å². The predicted molar refractivity (Wildman–Crippen MR) is 51.1 cm³/mol. The van der Waals surface area contributed by atoms with Gasteiger partial charge in [0, 0.05) is 6.61 Å². The molecule has 2 heteroatoms. The Morgan fingerprint density at radius 1 is 1.42 bits per heavy atom. The van der Waals surface area contributed by atoms with Gasteiger partial charge in [-0.15, -0.1) is 0 Å². The van der Waals surface area contributed by atoms with Crippen LogP contribution >= 0.6 is 0 Å². The molecule has 0 amide bonds. The van der Waals surface area contributed by atoms with Crippen molar-refractivity contribution in [1.82, 2.24) is 4.90 Å². The van der Waals surface area contributed by atoms with Crippen LogP contribution in [-0.4, -0.2) is 36.8 Å². The van der Waals surface area contributed by atoms with Gasteiger partial charge in [0.25, 0.3) is 0 Å². The monoisotopic (exact) mass is 171 g/mol. The van der Waals surface area contributed by atoms with E-state index in [0.717, 1.165) is 12.3 Å². The summed E-state index contributed by atoms with van der Waals surface area (Å²) in [4.78, 5) is 2.39. The molecular weight excluding hydrogens is 150 g/mol. The number of aliphatic hydroxyl groups excluding tert-OH is 1.